The molecule has 1 aromatic heterocycles. The lowest BCUT2D eigenvalue weighted by Crippen LogP contribution is -2.32. The van der Waals surface area contributed by atoms with Crippen molar-refractivity contribution in [2.75, 3.05) is 11.9 Å². The molecular weight excluding hydrogens is 344 g/mol. The number of benzene rings is 1. The first-order chi connectivity index (χ1) is 11.7. The highest BCUT2D eigenvalue weighted by molar-refractivity contribution is 7.13. The van der Waals surface area contributed by atoms with Gasteiger partial charge in [0.2, 0.25) is 5.91 Å². The zero-order chi connectivity index (χ0) is 18.6. The van der Waals surface area contributed by atoms with Crippen LogP contribution in [0.25, 0.3) is 0 Å². The second-order valence-corrected chi connectivity index (χ2v) is 7.18. The van der Waals surface area contributed by atoms with Gasteiger partial charge < -0.3 is 10.6 Å². The maximum atomic E-state index is 12.0. The molecule has 0 aliphatic carbocycles. The normalized spacial score (nSPS) is 11.0. The quantitative estimate of drug-likeness (QED) is 0.627. The molecule has 0 saturated heterocycles. The van der Waals surface area contributed by atoms with Gasteiger partial charge >= 0.3 is 0 Å². The number of rotatable bonds is 5. The van der Waals surface area contributed by atoms with E-state index < -0.39 is 16.7 Å². The third-order valence-electron chi connectivity index (χ3n) is 3.25. The lowest BCUT2D eigenvalue weighted by molar-refractivity contribution is -0.384. The summed E-state index contributed by atoms with van der Waals surface area (Å²) in [6, 6.07) is 5.30. The lowest BCUT2D eigenvalue weighted by atomic mass is 9.93. The van der Waals surface area contributed by atoms with Crippen LogP contribution in [0.15, 0.2) is 29.6 Å². The number of nitro benzene ring substituents is 1. The summed E-state index contributed by atoms with van der Waals surface area (Å²) in [5, 5.41) is 18.1. The molecule has 9 heteroatoms. The summed E-state index contributed by atoms with van der Waals surface area (Å²) >= 11 is 1.31. The molecule has 0 aliphatic rings. The first-order valence-corrected chi connectivity index (χ1v) is 8.33. The summed E-state index contributed by atoms with van der Waals surface area (Å²) in [7, 11) is 0. The standard InChI is InChI=1S/C16H18N4O4S/c1-16(2,3)12-9-25-15(18-12)19-13(21)8-17-14(22)10-5-4-6-11(7-10)20(23)24/h4-7,9H,8H2,1-3H3,(H,17,22)(H,18,19,21). The average Bonchev–Trinajstić information content (AvgIpc) is 3.01. The number of carbonyl (C=O) groups excluding carboxylic acids is 2. The van der Waals surface area contributed by atoms with Crippen LogP contribution in [0.4, 0.5) is 10.8 Å². The number of nitro groups is 1. The molecule has 0 radical (unpaired) electrons. The molecule has 0 atom stereocenters. The number of hydrogen-bond acceptors (Lipinski definition) is 6. The predicted octanol–water partition coefficient (Wildman–Crippen LogP) is 2.72. The van der Waals surface area contributed by atoms with E-state index in [0.29, 0.717) is 5.13 Å². The highest BCUT2D eigenvalue weighted by Crippen LogP contribution is 2.26. The van der Waals surface area contributed by atoms with Crippen molar-refractivity contribution < 1.29 is 14.5 Å². The van der Waals surface area contributed by atoms with E-state index in [0.717, 1.165) is 11.8 Å². The van der Waals surface area contributed by atoms with Crippen LogP contribution in [0, 0.1) is 10.1 Å². The molecule has 132 valence electrons. The molecule has 2 N–H and O–H groups in total. The minimum atomic E-state index is -0.585. The van der Waals surface area contributed by atoms with Crippen LogP contribution in [0.1, 0.15) is 36.8 Å². The monoisotopic (exact) mass is 362 g/mol. The first kappa shape index (κ1) is 18.5. The summed E-state index contributed by atoms with van der Waals surface area (Å²) in [5.41, 5.74) is 0.685. The molecule has 0 bridgehead atoms. The van der Waals surface area contributed by atoms with Gasteiger partial charge in [-0.05, 0) is 6.07 Å². The molecule has 0 aliphatic heterocycles. The zero-order valence-electron chi connectivity index (χ0n) is 14.0. The number of non-ortho nitro benzene ring substituents is 1. The summed E-state index contributed by atoms with van der Waals surface area (Å²) in [5.74, 6) is -0.984. The van der Waals surface area contributed by atoms with E-state index in [1.807, 2.05) is 26.2 Å². The van der Waals surface area contributed by atoms with Crippen LogP contribution < -0.4 is 10.6 Å². The largest absolute Gasteiger partial charge is 0.343 e. The number of hydrogen-bond donors (Lipinski definition) is 2. The van der Waals surface area contributed by atoms with Crippen molar-refractivity contribution in [1.82, 2.24) is 10.3 Å². The summed E-state index contributed by atoms with van der Waals surface area (Å²) in [4.78, 5) is 38.4. The Hall–Kier alpha value is -2.81. The van der Waals surface area contributed by atoms with Gasteiger partial charge in [0, 0.05) is 28.5 Å². The number of anilines is 1. The fourth-order valence-electron chi connectivity index (χ4n) is 1.86. The Morgan fingerprint density at radius 2 is 2.04 bits per heavy atom. The van der Waals surface area contributed by atoms with Crippen molar-refractivity contribution in [3.63, 3.8) is 0 Å². The molecular formula is C16H18N4O4S. The van der Waals surface area contributed by atoms with Crippen molar-refractivity contribution >= 4 is 34.0 Å². The van der Waals surface area contributed by atoms with E-state index in [4.69, 9.17) is 0 Å². The van der Waals surface area contributed by atoms with Crippen molar-refractivity contribution in [2.45, 2.75) is 26.2 Å². The summed E-state index contributed by atoms with van der Waals surface area (Å²) in [6.45, 7) is 5.80. The number of thiazole rings is 1. The Morgan fingerprint density at radius 3 is 2.64 bits per heavy atom. The van der Waals surface area contributed by atoms with Crippen molar-refractivity contribution in [3.05, 3.63) is 51.0 Å². The minimum absolute atomic E-state index is 0.115. The van der Waals surface area contributed by atoms with Gasteiger partial charge in [-0.25, -0.2) is 4.98 Å². The van der Waals surface area contributed by atoms with Crippen LogP contribution in [0.2, 0.25) is 0 Å². The predicted molar refractivity (Wildman–Crippen MR) is 94.9 cm³/mol. The molecule has 2 aromatic rings. The van der Waals surface area contributed by atoms with E-state index in [9.17, 15) is 19.7 Å². The molecule has 25 heavy (non-hydrogen) atoms. The minimum Gasteiger partial charge on any atom is -0.343 e. The molecule has 2 rings (SSSR count). The number of nitrogens with one attached hydrogen (secondary N) is 2. The van der Waals surface area contributed by atoms with Crippen molar-refractivity contribution in [3.8, 4) is 0 Å². The van der Waals surface area contributed by atoms with Gasteiger partial charge in [0.15, 0.2) is 5.13 Å². The fourth-order valence-corrected chi connectivity index (χ4v) is 2.82. The molecule has 1 aromatic carbocycles. The second kappa shape index (κ2) is 7.39. The molecule has 2 amide bonds. The smallest absolute Gasteiger partial charge is 0.270 e. The molecule has 0 saturated carbocycles. The van der Waals surface area contributed by atoms with Crippen LogP contribution in [-0.4, -0.2) is 28.3 Å². The van der Waals surface area contributed by atoms with E-state index in [2.05, 4.69) is 15.6 Å². The van der Waals surface area contributed by atoms with Gasteiger partial charge in [0.05, 0.1) is 17.2 Å². The second-order valence-electron chi connectivity index (χ2n) is 6.33. The maximum absolute atomic E-state index is 12.0. The van der Waals surface area contributed by atoms with E-state index in [-0.39, 0.29) is 23.2 Å². The third-order valence-corrected chi connectivity index (χ3v) is 4.01. The van der Waals surface area contributed by atoms with Gasteiger partial charge in [-0.2, -0.15) is 0 Å². The van der Waals surface area contributed by atoms with Gasteiger partial charge in [-0.1, -0.05) is 26.8 Å². The van der Waals surface area contributed by atoms with Crippen LogP contribution in [-0.2, 0) is 10.2 Å². The van der Waals surface area contributed by atoms with E-state index >= 15 is 0 Å². The average molecular weight is 362 g/mol. The first-order valence-electron chi connectivity index (χ1n) is 7.45. The van der Waals surface area contributed by atoms with Gasteiger partial charge in [-0.15, -0.1) is 11.3 Å². The molecule has 8 nitrogen and oxygen atoms in total. The highest BCUT2D eigenvalue weighted by Gasteiger charge is 2.18. The van der Waals surface area contributed by atoms with Crippen LogP contribution >= 0.6 is 11.3 Å². The summed E-state index contributed by atoms with van der Waals surface area (Å²) < 4.78 is 0. The Morgan fingerprint density at radius 1 is 1.32 bits per heavy atom. The number of aromatic nitrogens is 1. The molecule has 0 fully saturated rings. The number of amides is 2. The lowest BCUT2D eigenvalue weighted by Gasteiger charge is -2.14. The van der Waals surface area contributed by atoms with Gasteiger partial charge in [0.25, 0.3) is 11.6 Å². The van der Waals surface area contributed by atoms with Crippen molar-refractivity contribution in [2.24, 2.45) is 0 Å². The summed E-state index contributed by atoms with van der Waals surface area (Å²) in [6.07, 6.45) is 0. The zero-order valence-corrected chi connectivity index (χ0v) is 14.8. The number of carbonyl (C=O) groups is 2. The highest BCUT2D eigenvalue weighted by atomic mass is 32.1. The van der Waals surface area contributed by atoms with Crippen molar-refractivity contribution in [1.29, 1.82) is 0 Å². The Labute approximate surface area is 148 Å². The molecule has 0 spiro atoms. The van der Waals surface area contributed by atoms with E-state index in [1.165, 1.54) is 29.5 Å². The SMILES string of the molecule is CC(C)(C)c1csc(NC(=O)CNC(=O)c2cccc([N+](=O)[O-])c2)n1. The van der Waals surface area contributed by atoms with E-state index in [1.54, 1.807) is 0 Å². The van der Waals surface area contributed by atoms with Gasteiger partial charge in [0.1, 0.15) is 0 Å². The Bertz CT molecular complexity index is 810. The molecule has 1 heterocycles. The van der Waals surface area contributed by atoms with Crippen LogP contribution in [0.3, 0.4) is 0 Å². The molecule has 0 unspecified atom stereocenters. The van der Waals surface area contributed by atoms with Crippen LogP contribution in [0.5, 0.6) is 0 Å². The Balaban J connectivity index is 1.91. The third kappa shape index (κ3) is 5.08. The van der Waals surface area contributed by atoms with Gasteiger partial charge in [-0.3, -0.25) is 19.7 Å². The topological polar surface area (TPSA) is 114 Å². The Kier molecular flexibility index (Phi) is 5.48. The maximum Gasteiger partial charge on any atom is 0.270 e. The fraction of sp³-hybridized carbons (Fsp3) is 0.312. The number of nitrogens with zero attached hydrogens (tertiary/aromatic N) is 2.